The third-order valence-electron chi connectivity index (χ3n) is 3.41. The highest BCUT2D eigenvalue weighted by molar-refractivity contribution is 6.35. The van der Waals surface area contributed by atoms with Crippen LogP contribution in [-0.2, 0) is 11.0 Å². The maximum atomic E-state index is 13.4. The van der Waals surface area contributed by atoms with Crippen LogP contribution in [0.25, 0.3) is 11.6 Å². The molecule has 1 N–H and O–H groups in total. The van der Waals surface area contributed by atoms with Crippen LogP contribution in [0.15, 0.2) is 36.4 Å². The molecule has 0 aromatic heterocycles. The number of hydrogen-bond acceptors (Lipinski definition) is 1. The summed E-state index contributed by atoms with van der Waals surface area (Å²) in [5.74, 6) is -3.06. The van der Waals surface area contributed by atoms with E-state index >= 15 is 0 Å². The Morgan fingerprint density at radius 3 is 2.35 bits per heavy atom. The molecule has 1 aliphatic rings. The lowest BCUT2D eigenvalue weighted by atomic mass is 10.0. The molecule has 0 fully saturated rings. The Balaban J connectivity index is 2.16. The lowest BCUT2D eigenvalue weighted by Crippen LogP contribution is -2.08. The number of carbonyl (C=O) groups excluding carboxylic acids is 1. The van der Waals surface area contributed by atoms with Crippen molar-refractivity contribution in [3.8, 4) is 0 Å². The number of benzene rings is 2. The van der Waals surface area contributed by atoms with Gasteiger partial charge in [0.1, 0.15) is 0 Å². The van der Waals surface area contributed by atoms with E-state index in [1.165, 1.54) is 18.2 Å². The Morgan fingerprint density at radius 2 is 1.65 bits per heavy atom. The molecule has 1 aliphatic heterocycles. The normalized spacial score (nSPS) is 15.7. The first kappa shape index (κ1) is 15.2. The summed E-state index contributed by atoms with van der Waals surface area (Å²) in [4.78, 5) is 11.9. The molecule has 0 spiro atoms. The number of hydrogen-bond donors (Lipinski definition) is 1. The van der Waals surface area contributed by atoms with Gasteiger partial charge in [-0.1, -0.05) is 18.2 Å². The van der Waals surface area contributed by atoms with Crippen molar-refractivity contribution in [2.45, 2.75) is 6.18 Å². The van der Waals surface area contributed by atoms with E-state index in [1.54, 1.807) is 0 Å². The summed E-state index contributed by atoms with van der Waals surface area (Å²) in [6.45, 7) is 0. The zero-order valence-corrected chi connectivity index (χ0v) is 11.3. The minimum Gasteiger partial charge on any atom is -0.321 e. The average molecular weight is 325 g/mol. The van der Waals surface area contributed by atoms with Gasteiger partial charge in [0.15, 0.2) is 11.6 Å². The maximum Gasteiger partial charge on any atom is 0.416 e. The van der Waals surface area contributed by atoms with E-state index in [0.29, 0.717) is 0 Å². The van der Waals surface area contributed by atoms with Crippen LogP contribution < -0.4 is 5.32 Å². The molecule has 0 radical (unpaired) electrons. The van der Waals surface area contributed by atoms with Gasteiger partial charge in [0, 0.05) is 17.2 Å². The molecule has 1 heterocycles. The van der Waals surface area contributed by atoms with Crippen molar-refractivity contribution < 1.29 is 26.7 Å². The van der Waals surface area contributed by atoms with Crippen molar-refractivity contribution in [3.05, 3.63) is 64.7 Å². The summed E-state index contributed by atoms with van der Waals surface area (Å²) >= 11 is 0. The van der Waals surface area contributed by atoms with E-state index in [1.807, 2.05) is 0 Å². The molecule has 0 aliphatic carbocycles. The van der Waals surface area contributed by atoms with Gasteiger partial charge in [-0.2, -0.15) is 13.2 Å². The van der Waals surface area contributed by atoms with Gasteiger partial charge in [-0.3, -0.25) is 4.79 Å². The highest BCUT2D eigenvalue weighted by Gasteiger charge is 2.33. The van der Waals surface area contributed by atoms with Gasteiger partial charge in [0.25, 0.3) is 5.91 Å². The predicted molar refractivity (Wildman–Crippen MR) is 74.3 cm³/mol. The van der Waals surface area contributed by atoms with E-state index in [9.17, 15) is 26.7 Å². The summed E-state index contributed by atoms with van der Waals surface area (Å²) in [7, 11) is 0. The fourth-order valence-electron chi connectivity index (χ4n) is 2.36. The Hall–Kier alpha value is -2.70. The maximum absolute atomic E-state index is 13.4. The van der Waals surface area contributed by atoms with Gasteiger partial charge < -0.3 is 5.32 Å². The van der Waals surface area contributed by atoms with Gasteiger partial charge in [0.05, 0.1) is 11.3 Å². The molecule has 3 rings (SSSR count). The Morgan fingerprint density at radius 1 is 1.00 bits per heavy atom. The number of alkyl halides is 3. The summed E-state index contributed by atoms with van der Waals surface area (Å²) in [5.41, 5.74) is -1.27. The minimum absolute atomic E-state index is 0.0182. The third kappa shape index (κ3) is 2.69. The van der Waals surface area contributed by atoms with Gasteiger partial charge in [-0.25, -0.2) is 8.78 Å². The number of rotatable bonds is 1. The van der Waals surface area contributed by atoms with Crippen molar-refractivity contribution in [1.29, 1.82) is 0 Å². The van der Waals surface area contributed by atoms with Crippen LogP contribution >= 0.6 is 0 Å². The smallest absolute Gasteiger partial charge is 0.321 e. The average Bonchev–Trinajstić information content (AvgIpc) is 2.75. The standard InChI is InChI=1S/C16H8F5NO/c17-12-6-9-10(15(23)22-14(9)7-13(12)18)5-8-3-1-2-4-11(8)16(19,20)21/h1-7H,(H,22,23). The van der Waals surface area contributed by atoms with E-state index < -0.39 is 29.3 Å². The summed E-state index contributed by atoms with van der Waals surface area (Å²) in [6, 6.07) is 6.26. The number of fused-ring (bicyclic) bond motifs is 1. The largest absolute Gasteiger partial charge is 0.416 e. The van der Waals surface area contributed by atoms with Crippen LogP contribution in [0.4, 0.5) is 27.6 Å². The monoisotopic (exact) mass is 325 g/mol. The fraction of sp³-hybridized carbons (Fsp3) is 0.0625. The highest BCUT2D eigenvalue weighted by atomic mass is 19.4. The zero-order chi connectivity index (χ0) is 16.8. The Bertz CT molecular complexity index is 839. The highest BCUT2D eigenvalue weighted by Crippen LogP contribution is 2.37. The predicted octanol–water partition coefficient (Wildman–Crippen LogP) is 4.48. The molecular weight excluding hydrogens is 317 g/mol. The molecule has 2 aromatic rings. The first-order valence-electron chi connectivity index (χ1n) is 6.46. The second-order valence-corrected chi connectivity index (χ2v) is 4.91. The molecule has 0 atom stereocenters. The third-order valence-corrected chi connectivity index (χ3v) is 3.41. The van der Waals surface area contributed by atoms with Crippen molar-refractivity contribution in [3.63, 3.8) is 0 Å². The quantitative estimate of drug-likeness (QED) is 0.608. The SMILES string of the molecule is O=C1Nc2cc(F)c(F)cc2C1=Cc1ccccc1C(F)(F)F. The first-order chi connectivity index (χ1) is 10.8. The van der Waals surface area contributed by atoms with Crippen molar-refractivity contribution in [2.24, 2.45) is 0 Å². The number of carbonyl (C=O) groups is 1. The lowest BCUT2D eigenvalue weighted by Gasteiger charge is -2.10. The molecule has 2 aromatic carbocycles. The van der Waals surface area contributed by atoms with E-state index in [2.05, 4.69) is 5.32 Å². The molecule has 0 unspecified atom stereocenters. The van der Waals surface area contributed by atoms with Crippen molar-refractivity contribution in [2.75, 3.05) is 5.32 Å². The van der Waals surface area contributed by atoms with Crippen LogP contribution in [0.5, 0.6) is 0 Å². The topological polar surface area (TPSA) is 29.1 Å². The molecule has 2 nitrogen and oxygen atoms in total. The van der Waals surface area contributed by atoms with Crippen molar-refractivity contribution in [1.82, 2.24) is 0 Å². The van der Waals surface area contributed by atoms with Crippen molar-refractivity contribution >= 4 is 23.2 Å². The molecular formula is C16H8F5NO. The van der Waals surface area contributed by atoms with Gasteiger partial charge in [0.2, 0.25) is 0 Å². The van der Waals surface area contributed by atoms with Gasteiger partial charge in [-0.05, 0) is 23.8 Å². The molecule has 0 bridgehead atoms. The van der Waals surface area contributed by atoms with E-state index in [0.717, 1.165) is 24.3 Å². The first-order valence-corrected chi connectivity index (χ1v) is 6.46. The molecule has 118 valence electrons. The second kappa shape index (κ2) is 5.19. The summed E-state index contributed by atoms with van der Waals surface area (Å²) in [5, 5.41) is 2.30. The molecule has 23 heavy (non-hydrogen) atoms. The number of anilines is 1. The molecule has 0 saturated heterocycles. The summed E-state index contributed by atoms with van der Waals surface area (Å²) in [6.07, 6.45) is -3.58. The number of nitrogens with one attached hydrogen (secondary N) is 1. The zero-order valence-electron chi connectivity index (χ0n) is 11.3. The van der Waals surface area contributed by atoms with E-state index in [4.69, 9.17) is 0 Å². The van der Waals surface area contributed by atoms with Crippen LogP contribution in [-0.4, -0.2) is 5.91 Å². The van der Waals surface area contributed by atoms with E-state index in [-0.39, 0.29) is 22.4 Å². The molecule has 0 saturated carbocycles. The Labute approximate surface area is 127 Å². The number of halogens is 5. The number of amides is 1. The Kier molecular flexibility index (Phi) is 3.43. The van der Waals surface area contributed by atoms with Crippen LogP contribution in [0, 0.1) is 11.6 Å². The fourth-order valence-corrected chi connectivity index (χ4v) is 2.36. The van der Waals surface area contributed by atoms with Gasteiger partial charge in [-0.15, -0.1) is 0 Å². The van der Waals surface area contributed by atoms with Crippen LogP contribution in [0.1, 0.15) is 16.7 Å². The second-order valence-electron chi connectivity index (χ2n) is 4.91. The summed E-state index contributed by atoms with van der Waals surface area (Å²) < 4.78 is 65.5. The molecule has 7 heteroatoms. The van der Waals surface area contributed by atoms with Crippen LogP contribution in [0.2, 0.25) is 0 Å². The van der Waals surface area contributed by atoms with Gasteiger partial charge >= 0.3 is 6.18 Å². The lowest BCUT2D eigenvalue weighted by molar-refractivity contribution is -0.137. The minimum atomic E-state index is -4.60. The van der Waals surface area contributed by atoms with Crippen LogP contribution in [0.3, 0.4) is 0 Å². The molecule has 1 amide bonds.